The van der Waals surface area contributed by atoms with Gasteiger partial charge in [-0.25, -0.2) is 0 Å². The van der Waals surface area contributed by atoms with E-state index in [0.717, 1.165) is 38.0 Å². The second kappa shape index (κ2) is 4.09. The molecule has 1 saturated heterocycles. The van der Waals surface area contributed by atoms with Gasteiger partial charge in [-0.3, -0.25) is 9.89 Å². The lowest BCUT2D eigenvalue weighted by molar-refractivity contribution is -0.127. The van der Waals surface area contributed by atoms with Gasteiger partial charge in [0.05, 0.1) is 17.7 Å². The number of rotatable bonds is 3. The van der Waals surface area contributed by atoms with Crippen LogP contribution in [0.4, 0.5) is 0 Å². The first kappa shape index (κ1) is 11.7. The van der Waals surface area contributed by atoms with E-state index in [1.165, 1.54) is 0 Å². The molecule has 0 aromatic carbocycles. The molecule has 1 aliphatic carbocycles. The lowest BCUT2D eigenvalue weighted by Gasteiger charge is -2.27. The summed E-state index contributed by atoms with van der Waals surface area (Å²) in [7, 11) is 0. The minimum atomic E-state index is -0.158. The first-order chi connectivity index (χ1) is 8.66. The molecule has 5 nitrogen and oxygen atoms in total. The van der Waals surface area contributed by atoms with Crippen LogP contribution in [0.15, 0.2) is 12.3 Å². The average Bonchev–Trinajstić information content (AvgIpc) is 2.80. The summed E-state index contributed by atoms with van der Waals surface area (Å²) in [6.45, 7) is 4.75. The van der Waals surface area contributed by atoms with Gasteiger partial charge in [-0.1, -0.05) is 6.92 Å². The fourth-order valence-corrected chi connectivity index (χ4v) is 3.34. The third kappa shape index (κ3) is 1.73. The van der Waals surface area contributed by atoms with Gasteiger partial charge in [-0.15, -0.1) is 0 Å². The quantitative estimate of drug-likeness (QED) is 0.741. The topological polar surface area (TPSA) is 69.8 Å². The van der Waals surface area contributed by atoms with Crippen LogP contribution in [0.25, 0.3) is 0 Å². The zero-order valence-electron chi connectivity index (χ0n) is 10.8. The van der Waals surface area contributed by atoms with Gasteiger partial charge in [0.15, 0.2) is 0 Å². The van der Waals surface area contributed by atoms with Crippen LogP contribution in [0.2, 0.25) is 0 Å². The number of hydrogen-bond donors (Lipinski definition) is 3. The predicted octanol–water partition coefficient (Wildman–Crippen LogP) is 0.806. The van der Waals surface area contributed by atoms with E-state index >= 15 is 0 Å². The number of piperidine rings is 1. The smallest absolute Gasteiger partial charge is 0.226 e. The van der Waals surface area contributed by atoms with Gasteiger partial charge in [0.2, 0.25) is 5.91 Å². The molecule has 1 aliphatic heterocycles. The highest BCUT2D eigenvalue weighted by Gasteiger charge is 2.67. The normalized spacial score (nSPS) is 29.2. The van der Waals surface area contributed by atoms with E-state index in [1.807, 2.05) is 6.07 Å². The molecule has 5 heteroatoms. The van der Waals surface area contributed by atoms with Gasteiger partial charge in [-0.2, -0.15) is 5.10 Å². The summed E-state index contributed by atoms with van der Waals surface area (Å²) >= 11 is 0. The van der Waals surface area contributed by atoms with Crippen molar-refractivity contribution in [3.8, 4) is 0 Å². The van der Waals surface area contributed by atoms with Gasteiger partial charge in [-0.05, 0) is 43.8 Å². The fourth-order valence-electron chi connectivity index (χ4n) is 3.34. The van der Waals surface area contributed by atoms with Crippen molar-refractivity contribution in [2.24, 2.45) is 10.8 Å². The van der Waals surface area contributed by atoms with Crippen molar-refractivity contribution in [2.75, 3.05) is 13.1 Å². The second-order valence-corrected chi connectivity index (χ2v) is 5.80. The van der Waals surface area contributed by atoms with Crippen LogP contribution in [0.5, 0.6) is 0 Å². The molecule has 1 amide bonds. The van der Waals surface area contributed by atoms with E-state index in [9.17, 15) is 4.79 Å². The minimum Gasteiger partial charge on any atom is -0.350 e. The van der Waals surface area contributed by atoms with Crippen LogP contribution in [-0.2, 0) is 11.3 Å². The van der Waals surface area contributed by atoms with Gasteiger partial charge in [0, 0.05) is 6.20 Å². The number of aromatic amines is 1. The number of nitrogens with zero attached hydrogens (tertiary/aromatic N) is 1. The highest BCUT2D eigenvalue weighted by molar-refractivity contribution is 5.86. The largest absolute Gasteiger partial charge is 0.350 e. The van der Waals surface area contributed by atoms with Crippen LogP contribution < -0.4 is 10.6 Å². The van der Waals surface area contributed by atoms with Crippen LogP contribution in [-0.4, -0.2) is 29.2 Å². The molecule has 1 aromatic rings. The summed E-state index contributed by atoms with van der Waals surface area (Å²) in [6.07, 6.45) is 4.99. The molecule has 2 aliphatic rings. The van der Waals surface area contributed by atoms with E-state index in [2.05, 4.69) is 27.8 Å². The molecule has 1 saturated carbocycles. The van der Waals surface area contributed by atoms with E-state index < -0.39 is 0 Å². The molecule has 2 heterocycles. The Morgan fingerprint density at radius 2 is 2.28 bits per heavy atom. The Morgan fingerprint density at radius 3 is 2.94 bits per heavy atom. The van der Waals surface area contributed by atoms with Crippen LogP contribution in [0.3, 0.4) is 0 Å². The number of aromatic nitrogens is 2. The Balaban J connectivity index is 1.60. The number of nitrogens with one attached hydrogen (secondary N) is 3. The van der Waals surface area contributed by atoms with Gasteiger partial charge < -0.3 is 10.6 Å². The number of carbonyl (C=O) groups excluding carboxylic acids is 1. The van der Waals surface area contributed by atoms with Crippen molar-refractivity contribution < 1.29 is 4.79 Å². The van der Waals surface area contributed by atoms with Crippen LogP contribution in [0.1, 0.15) is 31.9 Å². The molecule has 0 radical (unpaired) electrons. The van der Waals surface area contributed by atoms with E-state index in [1.54, 1.807) is 6.20 Å². The molecule has 2 fully saturated rings. The summed E-state index contributed by atoms with van der Waals surface area (Å²) in [5.74, 6) is 0.194. The highest BCUT2D eigenvalue weighted by Crippen LogP contribution is 2.68. The summed E-state index contributed by atoms with van der Waals surface area (Å²) in [6, 6.07) is 1.88. The van der Waals surface area contributed by atoms with Gasteiger partial charge in [0.25, 0.3) is 0 Å². The standard InChI is InChI=1S/C13H20N4O/c1-12(9-13(12)3-6-14-7-4-13)11(18)15-8-10-2-5-16-17-10/h2,5,14H,3-4,6-9H2,1H3,(H,15,18)(H,16,17). The molecular weight excluding hydrogens is 228 g/mol. The molecule has 1 aromatic heterocycles. The molecule has 0 bridgehead atoms. The molecule has 98 valence electrons. The monoisotopic (exact) mass is 248 g/mol. The molecule has 18 heavy (non-hydrogen) atoms. The number of H-pyrrole nitrogens is 1. The van der Waals surface area contributed by atoms with Crippen LogP contribution >= 0.6 is 0 Å². The third-order valence-electron chi connectivity index (χ3n) is 4.80. The van der Waals surface area contributed by atoms with Crippen molar-refractivity contribution in [2.45, 2.75) is 32.7 Å². The minimum absolute atomic E-state index is 0.158. The Morgan fingerprint density at radius 1 is 1.50 bits per heavy atom. The number of amides is 1. The maximum atomic E-state index is 12.3. The first-order valence-electron chi connectivity index (χ1n) is 6.64. The van der Waals surface area contributed by atoms with Crippen molar-refractivity contribution >= 4 is 5.91 Å². The van der Waals surface area contributed by atoms with E-state index in [-0.39, 0.29) is 16.7 Å². The van der Waals surface area contributed by atoms with Gasteiger partial charge >= 0.3 is 0 Å². The van der Waals surface area contributed by atoms with Gasteiger partial charge in [0.1, 0.15) is 0 Å². The number of carbonyl (C=O) groups is 1. The average molecular weight is 248 g/mol. The SMILES string of the molecule is CC1(C(=O)NCc2ccn[nH]2)CC12CCNCC2. The lowest BCUT2D eigenvalue weighted by atomic mass is 9.85. The summed E-state index contributed by atoms with van der Waals surface area (Å²) in [5.41, 5.74) is 1.05. The van der Waals surface area contributed by atoms with Crippen LogP contribution in [0, 0.1) is 10.8 Å². The molecule has 1 spiro atoms. The third-order valence-corrected chi connectivity index (χ3v) is 4.80. The van der Waals surface area contributed by atoms with E-state index in [4.69, 9.17) is 0 Å². The first-order valence-corrected chi connectivity index (χ1v) is 6.64. The summed E-state index contributed by atoms with van der Waals surface area (Å²) < 4.78 is 0. The Labute approximate surface area is 107 Å². The maximum Gasteiger partial charge on any atom is 0.226 e. The molecule has 1 atom stereocenters. The molecule has 3 rings (SSSR count). The molecule has 1 unspecified atom stereocenters. The highest BCUT2D eigenvalue weighted by atomic mass is 16.2. The van der Waals surface area contributed by atoms with Crippen molar-refractivity contribution in [3.63, 3.8) is 0 Å². The number of hydrogen-bond acceptors (Lipinski definition) is 3. The fraction of sp³-hybridized carbons (Fsp3) is 0.692. The van der Waals surface area contributed by atoms with Crippen molar-refractivity contribution in [1.29, 1.82) is 0 Å². The summed E-state index contributed by atoms with van der Waals surface area (Å²) in [4.78, 5) is 12.3. The molecular formula is C13H20N4O. The van der Waals surface area contributed by atoms with Crippen molar-refractivity contribution in [3.05, 3.63) is 18.0 Å². The Kier molecular flexibility index (Phi) is 2.66. The predicted molar refractivity (Wildman–Crippen MR) is 67.7 cm³/mol. The second-order valence-electron chi connectivity index (χ2n) is 5.80. The summed E-state index contributed by atoms with van der Waals surface area (Å²) in [5, 5.41) is 13.1. The van der Waals surface area contributed by atoms with Crippen molar-refractivity contribution in [1.82, 2.24) is 20.8 Å². The lowest BCUT2D eigenvalue weighted by Crippen LogP contribution is -2.38. The van der Waals surface area contributed by atoms with E-state index in [0.29, 0.717) is 6.54 Å². The maximum absolute atomic E-state index is 12.3. The molecule has 3 N–H and O–H groups in total. The Bertz CT molecular complexity index is 436. The zero-order chi connectivity index (χ0) is 12.6. The zero-order valence-corrected chi connectivity index (χ0v) is 10.8. The Hall–Kier alpha value is -1.36.